The standard InChI is InChI=1S/C16H31O11P/c1-7-3-4-24-6-8(18)10(19)15(14(7)27-28(2)23)26-16-13(22)12(21)11(20)9(5-17)25-16/h7-23H,3-6H2,1-2H3. The van der Waals surface area contributed by atoms with Crippen molar-refractivity contribution >= 4 is 8.38 Å². The second-order valence-corrected chi connectivity index (χ2v) is 8.37. The van der Waals surface area contributed by atoms with Crippen LogP contribution in [0.25, 0.3) is 0 Å². The molecule has 166 valence electrons. The van der Waals surface area contributed by atoms with Crippen LogP contribution >= 0.6 is 8.38 Å². The summed E-state index contributed by atoms with van der Waals surface area (Å²) in [7, 11) is -1.85. The molecule has 11 atom stereocenters. The van der Waals surface area contributed by atoms with Crippen LogP contribution in [-0.2, 0) is 18.7 Å². The molecule has 0 aromatic carbocycles. The van der Waals surface area contributed by atoms with Crippen LogP contribution in [0.1, 0.15) is 13.3 Å². The van der Waals surface area contributed by atoms with Crippen molar-refractivity contribution < 1.29 is 54.3 Å². The van der Waals surface area contributed by atoms with Gasteiger partial charge in [0.1, 0.15) is 42.7 Å². The zero-order valence-corrected chi connectivity index (χ0v) is 16.7. The van der Waals surface area contributed by atoms with Crippen molar-refractivity contribution in [3.63, 3.8) is 0 Å². The van der Waals surface area contributed by atoms with Crippen molar-refractivity contribution in [1.82, 2.24) is 0 Å². The molecule has 0 saturated carbocycles. The van der Waals surface area contributed by atoms with Gasteiger partial charge < -0.3 is 54.3 Å². The summed E-state index contributed by atoms with van der Waals surface area (Å²) in [6.45, 7) is 2.74. The third-order valence-electron chi connectivity index (χ3n) is 5.04. The van der Waals surface area contributed by atoms with Crippen molar-refractivity contribution in [2.45, 2.75) is 68.5 Å². The number of hydrogen-bond donors (Lipinski definition) is 7. The van der Waals surface area contributed by atoms with Crippen molar-refractivity contribution in [1.29, 1.82) is 0 Å². The van der Waals surface area contributed by atoms with Gasteiger partial charge in [-0.2, -0.15) is 0 Å². The number of hydrogen-bond acceptors (Lipinski definition) is 11. The molecule has 12 heteroatoms. The summed E-state index contributed by atoms with van der Waals surface area (Å²) in [5, 5.41) is 60.2. The lowest BCUT2D eigenvalue weighted by atomic mass is 9.92. The van der Waals surface area contributed by atoms with Gasteiger partial charge in [0.05, 0.1) is 19.3 Å². The predicted octanol–water partition coefficient (Wildman–Crippen LogP) is -2.73. The molecule has 2 fully saturated rings. The fourth-order valence-electron chi connectivity index (χ4n) is 3.31. The van der Waals surface area contributed by atoms with Crippen LogP contribution in [-0.4, -0.2) is 117 Å². The molecule has 0 bridgehead atoms. The van der Waals surface area contributed by atoms with Gasteiger partial charge in [0.15, 0.2) is 14.7 Å². The van der Waals surface area contributed by atoms with Crippen molar-refractivity contribution in [2.24, 2.45) is 5.92 Å². The van der Waals surface area contributed by atoms with E-state index in [0.717, 1.165) is 0 Å². The fraction of sp³-hybridized carbons (Fsp3) is 1.00. The van der Waals surface area contributed by atoms with Gasteiger partial charge in [0.25, 0.3) is 0 Å². The maximum absolute atomic E-state index is 10.6. The van der Waals surface area contributed by atoms with Crippen LogP contribution < -0.4 is 0 Å². The Morgan fingerprint density at radius 1 is 1.00 bits per heavy atom. The van der Waals surface area contributed by atoms with Crippen molar-refractivity contribution in [3.8, 4) is 0 Å². The van der Waals surface area contributed by atoms with E-state index in [1.165, 1.54) is 6.66 Å². The van der Waals surface area contributed by atoms with Gasteiger partial charge in [-0.05, 0) is 12.3 Å². The van der Waals surface area contributed by atoms with E-state index >= 15 is 0 Å². The van der Waals surface area contributed by atoms with Gasteiger partial charge in [-0.25, -0.2) is 0 Å². The third kappa shape index (κ3) is 5.78. The van der Waals surface area contributed by atoms with E-state index in [9.17, 15) is 35.5 Å². The van der Waals surface area contributed by atoms with Gasteiger partial charge >= 0.3 is 0 Å². The lowest BCUT2D eigenvalue weighted by Crippen LogP contribution is -2.61. The molecule has 0 amide bonds. The highest BCUT2D eigenvalue weighted by Crippen LogP contribution is 2.36. The minimum Gasteiger partial charge on any atom is -0.394 e. The Labute approximate surface area is 164 Å². The second-order valence-electron chi connectivity index (χ2n) is 7.23. The molecule has 11 nitrogen and oxygen atoms in total. The molecule has 28 heavy (non-hydrogen) atoms. The number of aliphatic hydroxyl groups excluding tert-OH is 6. The van der Waals surface area contributed by atoms with Crippen LogP contribution in [0.15, 0.2) is 0 Å². The number of rotatable bonds is 5. The molecule has 0 aromatic heterocycles. The molecular weight excluding hydrogens is 399 g/mol. The maximum atomic E-state index is 10.6. The molecular formula is C16H31O11P. The van der Waals surface area contributed by atoms with Crippen molar-refractivity contribution in [3.05, 3.63) is 0 Å². The zero-order chi connectivity index (χ0) is 21.0. The Morgan fingerprint density at radius 2 is 1.68 bits per heavy atom. The van der Waals surface area contributed by atoms with Crippen LogP contribution in [0.3, 0.4) is 0 Å². The highest BCUT2D eigenvalue weighted by atomic mass is 31.2. The monoisotopic (exact) mass is 430 g/mol. The number of aliphatic hydroxyl groups is 6. The lowest BCUT2D eigenvalue weighted by molar-refractivity contribution is -0.326. The number of ether oxygens (including phenoxy) is 3. The first-order valence-corrected chi connectivity index (χ1v) is 10.8. The first-order chi connectivity index (χ1) is 13.2. The van der Waals surface area contributed by atoms with E-state index in [4.69, 9.17) is 18.7 Å². The molecule has 2 saturated heterocycles. The Hall–Kier alpha value is -0.01000. The Morgan fingerprint density at radius 3 is 2.29 bits per heavy atom. The molecule has 0 aliphatic carbocycles. The van der Waals surface area contributed by atoms with E-state index in [0.29, 0.717) is 13.0 Å². The summed E-state index contributed by atoms with van der Waals surface area (Å²) in [4.78, 5) is 9.76. The SMILES string of the molecule is CC1CCOCC(O)C(O)C(OC2OC(CO)C(O)C(O)C2O)C1OP(C)O. The molecule has 2 rings (SSSR count). The molecule has 7 N–H and O–H groups in total. The normalized spacial score (nSPS) is 47.0. The van der Waals surface area contributed by atoms with Gasteiger partial charge in [0, 0.05) is 13.3 Å². The Kier molecular flexibility index (Phi) is 9.40. The van der Waals surface area contributed by atoms with E-state index < -0.39 is 70.1 Å². The van der Waals surface area contributed by atoms with Gasteiger partial charge in [-0.3, -0.25) is 0 Å². The summed E-state index contributed by atoms with van der Waals surface area (Å²) >= 11 is 0. The van der Waals surface area contributed by atoms with Crippen LogP contribution in [0.5, 0.6) is 0 Å². The van der Waals surface area contributed by atoms with Gasteiger partial charge in [-0.1, -0.05) is 6.92 Å². The van der Waals surface area contributed by atoms with E-state index in [1.54, 1.807) is 6.92 Å². The molecule has 2 heterocycles. The first-order valence-electron chi connectivity index (χ1n) is 9.16. The summed E-state index contributed by atoms with van der Waals surface area (Å²) in [5.41, 5.74) is 0. The van der Waals surface area contributed by atoms with Crippen molar-refractivity contribution in [2.75, 3.05) is 26.5 Å². The lowest BCUT2D eigenvalue weighted by Gasteiger charge is -2.43. The quantitative estimate of drug-likeness (QED) is 0.225. The topological polar surface area (TPSA) is 179 Å². The first kappa shape index (κ1) is 24.3. The van der Waals surface area contributed by atoms with E-state index in [2.05, 4.69) is 0 Å². The highest BCUT2D eigenvalue weighted by Gasteiger charge is 2.48. The van der Waals surface area contributed by atoms with Crippen LogP contribution in [0, 0.1) is 5.92 Å². The second kappa shape index (κ2) is 10.9. The maximum Gasteiger partial charge on any atom is 0.187 e. The van der Waals surface area contributed by atoms with Gasteiger partial charge in [-0.15, -0.1) is 0 Å². The minimum absolute atomic E-state index is 0.158. The van der Waals surface area contributed by atoms with Crippen LogP contribution in [0.2, 0.25) is 0 Å². The largest absolute Gasteiger partial charge is 0.394 e. The van der Waals surface area contributed by atoms with E-state index in [-0.39, 0.29) is 12.5 Å². The smallest absolute Gasteiger partial charge is 0.187 e. The minimum atomic E-state index is -1.85. The predicted molar refractivity (Wildman–Crippen MR) is 95.2 cm³/mol. The average Bonchev–Trinajstić information content (AvgIpc) is 2.69. The molecule has 11 unspecified atom stereocenters. The average molecular weight is 430 g/mol. The summed E-state index contributed by atoms with van der Waals surface area (Å²) in [6, 6.07) is 0. The molecule has 0 spiro atoms. The molecule has 0 aromatic rings. The molecule has 2 aliphatic heterocycles. The Bertz CT molecular complexity index is 468. The summed E-state index contributed by atoms with van der Waals surface area (Å²) in [6.07, 6.45) is -12.1. The third-order valence-corrected chi connectivity index (χ3v) is 5.58. The zero-order valence-electron chi connectivity index (χ0n) is 15.8. The summed E-state index contributed by atoms with van der Waals surface area (Å²) < 4.78 is 21.9. The summed E-state index contributed by atoms with van der Waals surface area (Å²) in [5.74, 6) is -0.271. The molecule has 2 aliphatic rings. The van der Waals surface area contributed by atoms with Gasteiger partial charge in [0.2, 0.25) is 0 Å². The van der Waals surface area contributed by atoms with E-state index in [1.807, 2.05) is 0 Å². The van der Waals surface area contributed by atoms with Crippen LogP contribution in [0.4, 0.5) is 0 Å². The highest BCUT2D eigenvalue weighted by molar-refractivity contribution is 7.45. The fourth-order valence-corrected chi connectivity index (χ4v) is 3.99. The Balaban J connectivity index is 2.28. The molecule has 0 radical (unpaired) electrons.